The quantitative estimate of drug-likeness (QED) is 0.876. The molecule has 0 amide bonds. The van der Waals surface area contributed by atoms with Gasteiger partial charge < -0.3 is 5.32 Å². The van der Waals surface area contributed by atoms with Crippen molar-refractivity contribution in [2.75, 3.05) is 19.6 Å². The minimum absolute atomic E-state index is 0.521. The Morgan fingerprint density at radius 1 is 1.22 bits per heavy atom. The summed E-state index contributed by atoms with van der Waals surface area (Å²) in [5.41, 5.74) is 1.44. The Morgan fingerprint density at radius 3 is 2.67 bits per heavy atom. The highest BCUT2D eigenvalue weighted by Crippen LogP contribution is 2.32. The van der Waals surface area contributed by atoms with E-state index in [0.717, 1.165) is 18.5 Å². The number of nitrogens with zero attached hydrogens (tertiary/aromatic N) is 1. The number of nitrogens with one attached hydrogen (secondary N) is 1. The SMILES string of the molecule is CCC1CNC(c2ccccc2)CN1CC1CC1. The molecule has 18 heavy (non-hydrogen) atoms. The fourth-order valence-corrected chi connectivity index (χ4v) is 3.02. The van der Waals surface area contributed by atoms with Gasteiger partial charge in [0.1, 0.15) is 0 Å². The van der Waals surface area contributed by atoms with Crippen molar-refractivity contribution >= 4 is 0 Å². The zero-order valence-electron chi connectivity index (χ0n) is 11.3. The van der Waals surface area contributed by atoms with E-state index in [1.54, 1.807) is 0 Å². The monoisotopic (exact) mass is 244 g/mol. The lowest BCUT2D eigenvalue weighted by Gasteiger charge is -2.40. The molecule has 0 bridgehead atoms. The molecule has 2 fully saturated rings. The largest absolute Gasteiger partial charge is 0.307 e. The van der Waals surface area contributed by atoms with Crippen LogP contribution >= 0.6 is 0 Å². The van der Waals surface area contributed by atoms with Crippen LogP contribution in [0.15, 0.2) is 30.3 Å². The number of benzene rings is 1. The molecule has 1 saturated carbocycles. The third-order valence-electron chi connectivity index (χ3n) is 4.40. The minimum Gasteiger partial charge on any atom is -0.307 e. The fraction of sp³-hybridized carbons (Fsp3) is 0.625. The summed E-state index contributed by atoms with van der Waals surface area (Å²) >= 11 is 0. The van der Waals surface area contributed by atoms with Crippen molar-refractivity contribution in [2.45, 2.75) is 38.3 Å². The van der Waals surface area contributed by atoms with Gasteiger partial charge >= 0.3 is 0 Å². The highest BCUT2D eigenvalue weighted by molar-refractivity contribution is 5.20. The first kappa shape index (κ1) is 12.2. The molecule has 2 atom stereocenters. The summed E-state index contributed by atoms with van der Waals surface area (Å²) < 4.78 is 0. The molecule has 0 radical (unpaired) electrons. The summed E-state index contributed by atoms with van der Waals surface area (Å²) in [7, 11) is 0. The normalized spacial score (nSPS) is 29.4. The zero-order chi connectivity index (χ0) is 12.4. The molecule has 2 nitrogen and oxygen atoms in total. The average Bonchev–Trinajstić information content (AvgIpc) is 3.24. The molecule has 1 N–H and O–H groups in total. The Bertz CT molecular complexity index is 372. The number of hydrogen-bond donors (Lipinski definition) is 1. The van der Waals surface area contributed by atoms with Gasteiger partial charge in [-0.3, -0.25) is 4.90 Å². The van der Waals surface area contributed by atoms with Gasteiger partial charge in [0.15, 0.2) is 0 Å². The molecule has 1 heterocycles. The van der Waals surface area contributed by atoms with Crippen molar-refractivity contribution in [1.82, 2.24) is 10.2 Å². The Morgan fingerprint density at radius 2 is 2.00 bits per heavy atom. The molecule has 1 aromatic rings. The first-order chi connectivity index (χ1) is 8.86. The van der Waals surface area contributed by atoms with Crippen LogP contribution in [0.4, 0.5) is 0 Å². The molecule has 1 saturated heterocycles. The van der Waals surface area contributed by atoms with E-state index in [0.29, 0.717) is 6.04 Å². The fourth-order valence-electron chi connectivity index (χ4n) is 3.02. The van der Waals surface area contributed by atoms with E-state index in [1.165, 1.54) is 37.9 Å². The summed E-state index contributed by atoms with van der Waals surface area (Å²) in [4.78, 5) is 2.73. The summed E-state index contributed by atoms with van der Waals surface area (Å²) in [5.74, 6) is 0.994. The molecular weight excluding hydrogens is 220 g/mol. The summed E-state index contributed by atoms with van der Waals surface area (Å²) in [6.45, 7) is 5.96. The molecule has 2 unspecified atom stereocenters. The van der Waals surface area contributed by atoms with E-state index in [1.807, 2.05) is 0 Å². The topological polar surface area (TPSA) is 15.3 Å². The Balaban J connectivity index is 1.67. The van der Waals surface area contributed by atoms with Gasteiger partial charge in [0.25, 0.3) is 0 Å². The molecule has 1 aromatic carbocycles. The van der Waals surface area contributed by atoms with Gasteiger partial charge in [0.05, 0.1) is 0 Å². The lowest BCUT2D eigenvalue weighted by Crippen LogP contribution is -2.52. The summed E-state index contributed by atoms with van der Waals surface area (Å²) in [6, 6.07) is 12.2. The first-order valence-corrected chi connectivity index (χ1v) is 7.39. The maximum atomic E-state index is 3.72. The second-order valence-corrected chi connectivity index (χ2v) is 5.83. The van der Waals surface area contributed by atoms with E-state index in [2.05, 4.69) is 47.5 Å². The van der Waals surface area contributed by atoms with Crippen LogP contribution in [0.1, 0.15) is 37.8 Å². The smallest absolute Gasteiger partial charge is 0.0449 e. The zero-order valence-corrected chi connectivity index (χ0v) is 11.3. The van der Waals surface area contributed by atoms with E-state index >= 15 is 0 Å². The predicted molar refractivity (Wildman–Crippen MR) is 75.6 cm³/mol. The van der Waals surface area contributed by atoms with Crippen molar-refractivity contribution < 1.29 is 0 Å². The Labute approximate surface area is 110 Å². The van der Waals surface area contributed by atoms with Gasteiger partial charge in [0.2, 0.25) is 0 Å². The van der Waals surface area contributed by atoms with E-state index < -0.39 is 0 Å². The number of hydrogen-bond acceptors (Lipinski definition) is 2. The molecule has 1 aliphatic heterocycles. The number of piperazine rings is 1. The molecule has 1 aliphatic carbocycles. The standard InChI is InChI=1S/C16H24N2/c1-2-15-10-17-16(14-6-4-3-5-7-14)12-18(15)11-13-8-9-13/h3-7,13,15-17H,2,8-12H2,1H3. The van der Waals surface area contributed by atoms with Gasteiger partial charge in [-0.25, -0.2) is 0 Å². The maximum absolute atomic E-state index is 3.72. The molecule has 3 rings (SSSR count). The van der Waals surface area contributed by atoms with Crippen LogP contribution in [0.25, 0.3) is 0 Å². The lowest BCUT2D eigenvalue weighted by atomic mass is 10.0. The second-order valence-electron chi connectivity index (χ2n) is 5.83. The average molecular weight is 244 g/mol. The van der Waals surface area contributed by atoms with E-state index in [4.69, 9.17) is 0 Å². The molecule has 98 valence electrons. The van der Waals surface area contributed by atoms with Crippen molar-refractivity contribution in [1.29, 1.82) is 0 Å². The molecule has 0 spiro atoms. The Kier molecular flexibility index (Phi) is 3.67. The summed E-state index contributed by atoms with van der Waals surface area (Å²) in [6.07, 6.45) is 4.17. The van der Waals surface area contributed by atoms with E-state index in [-0.39, 0.29) is 0 Å². The van der Waals surface area contributed by atoms with Gasteiger partial charge in [-0.2, -0.15) is 0 Å². The first-order valence-electron chi connectivity index (χ1n) is 7.39. The van der Waals surface area contributed by atoms with E-state index in [9.17, 15) is 0 Å². The molecular formula is C16H24N2. The summed E-state index contributed by atoms with van der Waals surface area (Å²) in [5, 5.41) is 3.72. The van der Waals surface area contributed by atoms with Crippen LogP contribution in [0, 0.1) is 5.92 Å². The van der Waals surface area contributed by atoms with Crippen LogP contribution in [0.5, 0.6) is 0 Å². The maximum Gasteiger partial charge on any atom is 0.0449 e. The number of rotatable bonds is 4. The van der Waals surface area contributed by atoms with Crippen molar-refractivity contribution in [2.24, 2.45) is 5.92 Å². The molecule has 0 aromatic heterocycles. The Hall–Kier alpha value is -0.860. The van der Waals surface area contributed by atoms with Crippen LogP contribution in [0.2, 0.25) is 0 Å². The van der Waals surface area contributed by atoms with Crippen LogP contribution in [0.3, 0.4) is 0 Å². The van der Waals surface area contributed by atoms with Gasteiger partial charge in [-0.1, -0.05) is 37.3 Å². The lowest BCUT2D eigenvalue weighted by molar-refractivity contribution is 0.121. The van der Waals surface area contributed by atoms with Crippen LogP contribution in [-0.4, -0.2) is 30.6 Å². The van der Waals surface area contributed by atoms with Crippen molar-refractivity contribution in [3.8, 4) is 0 Å². The van der Waals surface area contributed by atoms with Crippen LogP contribution < -0.4 is 5.32 Å². The van der Waals surface area contributed by atoms with Crippen molar-refractivity contribution in [3.05, 3.63) is 35.9 Å². The third-order valence-corrected chi connectivity index (χ3v) is 4.40. The van der Waals surface area contributed by atoms with Crippen molar-refractivity contribution in [3.63, 3.8) is 0 Å². The second kappa shape index (κ2) is 5.41. The third kappa shape index (κ3) is 2.76. The van der Waals surface area contributed by atoms with Crippen LogP contribution in [-0.2, 0) is 0 Å². The highest BCUT2D eigenvalue weighted by Gasteiger charge is 2.32. The highest BCUT2D eigenvalue weighted by atomic mass is 15.2. The minimum atomic E-state index is 0.521. The van der Waals surface area contributed by atoms with Gasteiger partial charge in [-0.15, -0.1) is 0 Å². The molecule has 2 heteroatoms. The van der Waals surface area contributed by atoms with Gasteiger partial charge in [0, 0.05) is 31.7 Å². The predicted octanol–water partition coefficient (Wildman–Crippen LogP) is 2.82. The van der Waals surface area contributed by atoms with Gasteiger partial charge in [-0.05, 0) is 30.7 Å². The molecule has 2 aliphatic rings.